The number of hydrogen-bond donors (Lipinski definition) is 2. The van der Waals surface area contributed by atoms with E-state index < -0.39 is 18.0 Å². The summed E-state index contributed by atoms with van der Waals surface area (Å²) in [6.45, 7) is 5.32. The molecule has 3 rings (SSSR count). The standard InChI is InChI=1S/C21H22Cl2FN3O3S/c1-10(2)30-18-5-4-12(6-15(18)23)20-26-27-21(31-20)13-7-16(24)19(8-14(13)22)29-9-17(25)11(3)28/h4-8,10-11,17,28H,9,25H2,1-3H3/t11-,17+/m1/s1. The maximum absolute atomic E-state index is 14.5. The van der Waals surface area contributed by atoms with Crippen molar-refractivity contribution in [1.29, 1.82) is 0 Å². The van der Waals surface area contributed by atoms with Gasteiger partial charge in [0.05, 0.1) is 28.3 Å². The van der Waals surface area contributed by atoms with E-state index in [1.54, 1.807) is 12.1 Å². The van der Waals surface area contributed by atoms with E-state index in [2.05, 4.69) is 10.2 Å². The molecular weight excluding hydrogens is 464 g/mol. The molecule has 0 bridgehead atoms. The number of ether oxygens (including phenoxy) is 2. The molecule has 0 spiro atoms. The van der Waals surface area contributed by atoms with Crippen LogP contribution in [-0.4, -0.2) is 40.2 Å². The van der Waals surface area contributed by atoms with Crippen molar-refractivity contribution in [3.63, 3.8) is 0 Å². The Hall–Kier alpha value is -1.97. The van der Waals surface area contributed by atoms with E-state index in [9.17, 15) is 9.50 Å². The van der Waals surface area contributed by atoms with Crippen LogP contribution in [0, 0.1) is 5.82 Å². The van der Waals surface area contributed by atoms with Gasteiger partial charge in [0, 0.05) is 17.2 Å². The molecule has 3 N–H and O–H groups in total. The average Bonchev–Trinajstić information content (AvgIpc) is 3.19. The molecular formula is C21H22Cl2FN3O3S. The molecule has 0 amide bonds. The Balaban J connectivity index is 1.82. The molecule has 0 aliphatic heterocycles. The Morgan fingerprint density at radius 2 is 1.77 bits per heavy atom. The van der Waals surface area contributed by atoms with Gasteiger partial charge < -0.3 is 20.3 Å². The average molecular weight is 486 g/mol. The van der Waals surface area contributed by atoms with Crippen LogP contribution in [0.15, 0.2) is 30.3 Å². The van der Waals surface area contributed by atoms with Crippen molar-refractivity contribution in [2.45, 2.75) is 39.0 Å². The van der Waals surface area contributed by atoms with Crippen LogP contribution < -0.4 is 15.2 Å². The van der Waals surface area contributed by atoms with E-state index in [1.807, 2.05) is 19.9 Å². The lowest BCUT2D eigenvalue weighted by Gasteiger charge is -2.16. The molecule has 2 aromatic carbocycles. The Morgan fingerprint density at radius 1 is 1.06 bits per heavy atom. The smallest absolute Gasteiger partial charge is 0.165 e. The van der Waals surface area contributed by atoms with Crippen LogP contribution >= 0.6 is 34.5 Å². The van der Waals surface area contributed by atoms with E-state index in [-0.39, 0.29) is 23.5 Å². The Kier molecular flexibility index (Phi) is 7.72. The first-order valence-corrected chi connectivity index (χ1v) is 11.1. The van der Waals surface area contributed by atoms with Gasteiger partial charge in [0.2, 0.25) is 0 Å². The molecule has 0 unspecified atom stereocenters. The molecule has 0 radical (unpaired) electrons. The SMILES string of the molecule is CC(C)Oc1ccc(-c2nnc(-c3cc(F)c(OC[C@H](N)[C@@H](C)O)cc3Cl)s2)cc1Cl. The Labute approximate surface area is 193 Å². The van der Waals surface area contributed by atoms with Gasteiger partial charge in [-0.25, -0.2) is 4.39 Å². The van der Waals surface area contributed by atoms with E-state index >= 15 is 0 Å². The summed E-state index contributed by atoms with van der Waals surface area (Å²) in [5.41, 5.74) is 6.86. The van der Waals surface area contributed by atoms with Crippen LogP contribution in [0.1, 0.15) is 20.8 Å². The lowest BCUT2D eigenvalue weighted by Crippen LogP contribution is -2.38. The summed E-state index contributed by atoms with van der Waals surface area (Å²) in [4.78, 5) is 0. The monoisotopic (exact) mass is 485 g/mol. The van der Waals surface area contributed by atoms with Crippen molar-refractivity contribution in [2.24, 2.45) is 5.73 Å². The molecule has 1 aromatic heterocycles. The largest absolute Gasteiger partial charge is 0.489 e. The number of aliphatic hydroxyl groups excluding tert-OH is 1. The predicted octanol–water partition coefficient (Wildman–Crippen LogP) is 5.19. The normalized spacial score (nSPS) is 13.3. The third-order valence-corrected chi connectivity index (χ3v) is 5.88. The summed E-state index contributed by atoms with van der Waals surface area (Å²) in [7, 11) is 0. The molecule has 0 aliphatic rings. The highest BCUT2D eigenvalue weighted by molar-refractivity contribution is 7.18. The minimum Gasteiger partial charge on any atom is -0.489 e. The van der Waals surface area contributed by atoms with Gasteiger partial charge in [-0.2, -0.15) is 0 Å². The summed E-state index contributed by atoms with van der Waals surface area (Å²) in [6, 6.07) is 7.30. The lowest BCUT2D eigenvalue weighted by atomic mass is 10.2. The van der Waals surface area contributed by atoms with Crippen molar-refractivity contribution < 1.29 is 19.0 Å². The Morgan fingerprint density at radius 3 is 2.42 bits per heavy atom. The van der Waals surface area contributed by atoms with E-state index in [0.717, 1.165) is 5.56 Å². The molecule has 0 fully saturated rings. The highest BCUT2D eigenvalue weighted by atomic mass is 35.5. The fourth-order valence-corrected chi connectivity index (χ4v) is 3.95. The second-order valence-electron chi connectivity index (χ2n) is 7.20. The third kappa shape index (κ3) is 5.84. The number of aliphatic hydroxyl groups is 1. The first kappa shape index (κ1) is 23.7. The number of nitrogens with two attached hydrogens (primary N) is 1. The highest BCUT2D eigenvalue weighted by Crippen LogP contribution is 2.38. The van der Waals surface area contributed by atoms with Gasteiger partial charge >= 0.3 is 0 Å². The van der Waals surface area contributed by atoms with Crippen molar-refractivity contribution in [1.82, 2.24) is 10.2 Å². The maximum atomic E-state index is 14.5. The van der Waals surface area contributed by atoms with Gasteiger partial charge in [0.15, 0.2) is 11.6 Å². The van der Waals surface area contributed by atoms with Gasteiger partial charge in [-0.05, 0) is 45.0 Å². The molecule has 0 aliphatic carbocycles. The maximum Gasteiger partial charge on any atom is 0.165 e. The van der Waals surface area contributed by atoms with E-state index in [4.69, 9.17) is 38.4 Å². The zero-order valence-corrected chi connectivity index (χ0v) is 19.4. The van der Waals surface area contributed by atoms with E-state index in [1.165, 1.54) is 30.4 Å². The van der Waals surface area contributed by atoms with Gasteiger partial charge in [-0.1, -0.05) is 34.5 Å². The summed E-state index contributed by atoms with van der Waals surface area (Å²) < 4.78 is 25.5. The van der Waals surface area contributed by atoms with Gasteiger partial charge in [-0.3, -0.25) is 0 Å². The summed E-state index contributed by atoms with van der Waals surface area (Å²) in [6.07, 6.45) is -0.777. The topological polar surface area (TPSA) is 90.5 Å². The summed E-state index contributed by atoms with van der Waals surface area (Å²) >= 11 is 13.9. The quantitative estimate of drug-likeness (QED) is 0.456. The first-order valence-electron chi connectivity index (χ1n) is 9.51. The zero-order valence-electron chi connectivity index (χ0n) is 17.1. The van der Waals surface area contributed by atoms with Crippen LogP contribution in [0.2, 0.25) is 10.0 Å². The number of rotatable bonds is 8. The molecule has 166 valence electrons. The van der Waals surface area contributed by atoms with Crippen LogP contribution in [0.25, 0.3) is 21.1 Å². The molecule has 3 aromatic rings. The van der Waals surface area contributed by atoms with Gasteiger partial charge in [0.1, 0.15) is 22.4 Å². The van der Waals surface area contributed by atoms with Crippen LogP contribution in [0.5, 0.6) is 11.5 Å². The minimum atomic E-state index is -0.780. The second kappa shape index (κ2) is 10.1. The summed E-state index contributed by atoms with van der Waals surface area (Å²) in [5.74, 6) is -0.0875. The van der Waals surface area contributed by atoms with Crippen molar-refractivity contribution in [2.75, 3.05) is 6.61 Å². The lowest BCUT2D eigenvalue weighted by molar-refractivity contribution is 0.129. The van der Waals surface area contributed by atoms with Crippen LogP contribution in [0.4, 0.5) is 4.39 Å². The molecule has 0 saturated heterocycles. The molecule has 10 heteroatoms. The molecule has 1 heterocycles. The van der Waals surface area contributed by atoms with Gasteiger partial charge in [0.25, 0.3) is 0 Å². The predicted molar refractivity (Wildman–Crippen MR) is 122 cm³/mol. The number of aromatic nitrogens is 2. The van der Waals surface area contributed by atoms with Crippen LogP contribution in [-0.2, 0) is 0 Å². The van der Waals surface area contributed by atoms with Crippen LogP contribution in [0.3, 0.4) is 0 Å². The van der Waals surface area contributed by atoms with Crippen molar-refractivity contribution >= 4 is 34.5 Å². The van der Waals surface area contributed by atoms with Crippen molar-refractivity contribution in [3.8, 4) is 32.6 Å². The fourth-order valence-electron chi connectivity index (χ4n) is 2.56. The Bertz CT molecular complexity index is 1060. The fraction of sp³-hybridized carbons (Fsp3) is 0.333. The number of nitrogens with zero attached hydrogens (tertiary/aromatic N) is 2. The zero-order chi connectivity index (χ0) is 22.7. The minimum absolute atomic E-state index is 0.00301. The van der Waals surface area contributed by atoms with E-state index in [0.29, 0.717) is 26.4 Å². The molecule has 0 saturated carbocycles. The molecule has 2 atom stereocenters. The number of benzene rings is 2. The molecule has 6 nitrogen and oxygen atoms in total. The number of hydrogen-bond acceptors (Lipinski definition) is 7. The second-order valence-corrected chi connectivity index (χ2v) is 8.99. The number of halogens is 3. The highest BCUT2D eigenvalue weighted by Gasteiger charge is 2.18. The first-order chi connectivity index (χ1) is 14.7. The van der Waals surface area contributed by atoms with Crippen molar-refractivity contribution in [3.05, 3.63) is 46.2 Å². The molecule has 31 heavy (non-hydrogen) atoms. The van der Waals surface area contributed by atoms with Gasteiger partial charge in [-0.15, -0.1) is 10.2 Å². The summed E-state index contributed by atoms with van der Waals surface area (Å²) in [5, 5.41) is 19.5. The third-order valence-electron chi connectivity index (χ3n) is 4.27.